The van der Waals surface area contributed by atoms with Gasteiger partial charge in [0, 0.05) is 6.07 Å². The molecule has 6 nitrogen and oxygen atoms in total. The van der Waals surface area contributed by atoms with Crippen LogP contribution in [0.25, 0.3) is 0 Å². The molecule has 0 spiro atoms. The SMILES string of the molecule is NNc1cc(=O)n(N)cn1. The normalized spacial score (nSPS) is 9.30. The number of anilines is 1. The van der Waals surface area contributed by atoms with E-state index in [1.165, 1.54) is 12.4 Å². The number of nitrogens with two attached hydrogens (primary N) is 2. The van der Waals surface area contributed by atoms with E-state index in [0.717, 1.165) is 4.68 Å². The second-order valence-corrected chi connectivity index (χ2v) is 1.66. The highest BCUT2D eigenvalue weighted by atomic mass is 16.1. The Kier molecular flexibility index (Phi) is 1.55. The Morgan fingerprint density at radius 2 is 2.40 bits per heavy atom. The average Bonchev–Trinajstić information content (AvgIpc) is 1.95. The molecule has 1 heterocycles. The summed E-state index contributed by atoms with van der Waals surface area (Å²) in [5, 5.41) is 0. The zero-order valence-electron chi connectivity index (χ0n) is 5.11. The van der Waals surface area contributed by atoms with Gasteiger partial charge < -0.3 is 11.3 Å². The predicted octanol–water partition coefficient (Wildman–Crippen LogP) is -1.76. The zero-order chi connectivity index (χ0) is 7.56. The summed E-state index contributed by atoms with van der Waals surface area (Å²) < 4.78 is 0.862. The van der Waals surface area contributed by atoms with Crippen LogP contribution in [0.1, 0.15) is 0 Å². The third-order valence-electron chi connectivity index (χ3n) is 0.984. The van der Waals surface area contributed by atoms with Crippen molar-refractivity contribution >= 4 is 5.82 Å². The Morgan fingerprint density at radius 3 is 2.90 bits per heavy atom. The number of nitrogens with zero attached hydrogens (tertiary/aromatic N) is 2. The smallest absolute Gasteiger partial charge is 0.273 e. The number of aromatic nitrogens is 2. The van der Waals surface area contributed by atoms with E-state index in [1.807, 2.05) is 0 Å². The van der Waals surface area contributed by atoms with E-state index in [4.69, 9.17) is 11.7 Å². The number of hydrazine groups is 1. The molecule has 0 atom stereocenters. The number of hydrogen-bond donors (Lipinski definition) is 3. The minimum Gasteiger partial charge on any atom is -0.335 e. The molecule has 0 aliphatic carbocycles. The maximum absolute atomic E-state index is 10.7. The molecule has 10 heavy (non-hydrogen) atoms. The van der Waals surface area contributed by atoms with E-state index in [-0.39, 0.29) is 5.56 Å². The molecule has 0 aliphatic rings. The lowest BCUT2D eigenvalue weighted by molar-refractivity contribution is 0.890. The van der Waals surface area contributed by atoms with E-state index >= 15 is 0 Å². The number of rotatable bonds is 1. The fourth-order valence-corrected chi connectivity index (χ4v) is 0.489. The van der Waals surface area contributed by atoms with Crippen LogP contribution in [0.15, 0.2) is 17.2 Å². The summed E-state index contributed by atoms with van der Waals surface area (Å²) in [5.74, 6) is 10.4. The standard InChI is InChI=1S/C4H7N5O/c5-8-3-1-4(10)9(6)2-7-3/h1-2,8H,5-6H2. The summed E-state index contributed by atoms with van der Waals surface area (Å²) in [6.07, 6.45) is 1.18. The van der Waals surface area contributed by atoms with Crippen LogP contribution >= 0.6 is 0 Å². The van der Waals surface area contributed by atoms with Gasteiger partial charge in [-0.15, -0.1) is 0 Å². The molecule has 0 saturated carbocycles. The molecule has 0 unspecified atom stereocenters. The van der Waals surface area contributed by atoms with Crippen molar-refractivity contribution in [1.29, 1.82) is 0 Å². The lowest BCUT2D eigenvalue weighted by Crippen LogP contribution is -2.27. The molecule has 1 rings (SSSR count). The fraction of sp³-hybridized carbons (Fsp3) is 0. The summed E-state index contributed by atoms with van der Waals surface area (Å²) in [7, 11) is 0. The Hall–Kier alpha value is -1.56. The lowest BCUT2D eigenvalue weighted by Gasteiger charge is -1.97. The van der Waals surface area contributed by atoms with Crippen LogP contribution < -0.4 is 22.7 Å². The highest BCUT2D eigenvalue weighted by Crippen LogP contribution is 1.88. The van der Waals surface area contributed by atoms with Gasteiger partial charge in [-0.1, -0.05) is 0 Å². The van der Waals surface area contributed by atoms with E-state index < -0.39 is 0 Å². The Morgan fingerprint density at radius 1 is 1.70 bits per heavy atom. The van der Waals surface area contributed by atoms with Gasteiger partial charge in [-0.2, -0.15) is 0 Å². The van der Waals surface area contributed by atoms with Crippen molar-refractivity contribution in [2.45, 2.75) is 0 Å². The van der Waals surface area contributed by atoms with E-state index in [9.17, 15) is 4.79 Å². The fourth-order valence-electron chi connectivity index (χ4n) is 0.489. The molecule has 1 aromatic rings. The van der Waals surface area contributed by atoms with Gasteiger partial charge in [0.2, 0.25) is 0 Å². The van der Waals surface area contributed by atoms with E-state index in [1.54, 1.807) is 0 Å². The van der Waals surface area contributed by atoms with E-state index in [0.29, 0.717) is 5.82 Å². The summed E-state index contributed by atoms with van der Waals surface area (Å²) >= 11 is 0. The number of hydrogen-bond acceptors (Lipinski definition) is 5. The van der Waals surface area contributed by atoms with Crippen LogP contribution in [0, 0.1) is 0 Å². The quantitative estimate of drug-likeness (QED) is 0.318. The maximum atomic E-state index is 10.7. The third kappa shape index (κ3) is 1.06. The molecular weight excluding hydrogens is 134 g/mol. The first-order valence-corrected chi connectivity index (χ1v) is 2.54. The van der Waals surface area contributed by atoms with Gasteiger partial charge in [-0.25, -0.2) is 15.5 Å². The first-order valence-electron chi connectivity index (χ1n) is 2.54. The van der Waals surface area contributed by atoms with Crippen molar-refractivity contribution in [1.82, 2.24) is 9.66 Å². The summed E-state index contributed by atoms with van der Waals surface area (Å²) in [6.45, 7) is 0. The first kappa shape index (κ1) is 6.56. The largest absolute Gasteiger partial charge is 0.335 e. The van der Waals surface area contributed by atoms with Crippen molar-refractivity contribution in [3.05, 3.63) is 22.7 Å². The van der Waals surface area contributed by atoms with Crippen molar-refractivity contribution in [2.75, 3.05) is 11.3 Å². The van der Waals surface area contributed by atoms with Gasteiger partial charge in [0.15, 0.2) is 0 Å². The Bertz CT molecular complexity index is 279. The van der Waals surface area contributed by atoms with Crippen LogP contribution in [-0.4, -0.2) is 9.66 Å². The monoisotopic (exact) mass is 141 g/mol. The van der Waals surface area contributed by atoms with Crippen molar-refractivity contribution in [3.63, 3.8) is 0 Å². The van der Waals surface area contributed by atoms with Gasteiger partial charge in [0.1, 0.15) is 12.1 Å². The molecular formula is C4H7N5O. The molecule has 0 bridgehead atoms. The Balaban J connectivity index is 3.17. The second kappa shape index (κ2) is 2.36. The maximum Gasteiger partial charge on any atom is 0.273 e. The molecule has 0 radical (unpaired) electrons. The summed E-state index contributed by atoms with van der Waals surface area (Å²) in [4.78, 5) is 14.4. The molecule has 0 aromatic carbocycles. The van der Waals surface area contributed by atoms with Gasteiger partial charge in [-0.05, 0) is 0 Å². The molecule has 5 N–H and O–H groups in total. The van der Waals surface area contributed by atoms with Crippen molar-refractivity contribution < 1.29 is 0 Å². The van der Waals surface area contributed by atoms with Crippen LogP contribution in [0.5, 0.6) is 0 Å². The number of nitrogens with one attached hydrogen (secondary N) is 1. The van der Waals surface area contributed by atoms with Crippen LogP contribution in [0.3, 0.4) is 0 Å². The second-order valence-electron chi connectivity index (χ2n) is 1.66. The lowest BCUT2D eigenvalue weighted by atomic mass is 10.6. The first-order chi connectivity index (χ1) is 4.74. The summed E-state index contributed by atoms with van der Waals surface area (Å²) in [6, 6.07) is 1.19. The van der Waals surface area contributed by atoms with Crippen LogP contribution in [-0.2, 0) is 0 Å². The van der Waals surface area contributed by atoms with Gasteiger partial charge >= 0.3 is 0 Å². The topological polar surface area (TPSA) is 99.0 Å². The zero-order valence-corrected chi connectivity index (χ0v) is 5.11. The summed E-state index contributed by atoms with van der Waals surface area (Å²) in [5.41, 5.74) is 1.86. The predicted molar refractivity (Wildman–Crippen MR) is 36.5 cm³/mol. The van der Waals surface area contributed by atoms with Gasteiger partial charge in [0.05, 0.1) is 0 Å². The Labute approximate surface area is 56.4 Å². The van der Waals surface area contributed by atoms with Crippen molar-refractivity contribution in [2.24, 2.45) is 5.84 Å². The molecule has 0 saturated heterocycles. The highest BCUT2D eigenvalue weighted by molar-refractivity contribution is 5.29. The van der Waals surface area contributed by atoms with Gasteiger partial charge in [-0.3, -0.25) is 4.79 Å². The third-order valence-corrected chi connectivity index (χ3v) is 0.984. The van der Waals surface area contributed by atoms with Gasteiger partial charge in [0.25, 0.3) is 5.56 Å². The van der Waals surface area contributed by atoms with Crippen LogP contribution in [0.4, 0.5) is 5.82 Å². The number of nitrogen functional groups attached to an aromatic ring is 2. The van der Waals surface area contributed by atoms with E-state index in [2.05, 4.69) is 10.4 Å². The molecule has 0 fully saturated rings. The minimum atomic E-state index is -0.358. The molecule has 0 amide bonds. The average molecular weight is 141 g/mol. The van der Waals surface area contributed by atoms with Crippen LogP contribution in [0.2, 0.25) is 0 Å². The molecule has 6 heteroatoms. The molecule has 0 aliphatic heterocycles. The van der Waals surface area contributed by atoms with Crippen molar-refractivity contribution in [3.8, 4) is 0 Å². The highest BCUT2D eigenvalue weighted by Gasteiger charge is 1.92. The molecule has 1 aromatic heterocycles. The minimum absolute atomic E-state index is 0.298. The molecule has 54 valence electrons.